The first-order valence-corrected chi connectivity index (χ1v) is 9.81. The monoisotopic (exact) mass is 338 g/mol. The second-order valence-electron chi connectivity index (χ2n) is 6.31. The Bertz CT molecular complexity index is 819. The Balaban J connectivity index is 1.76. The molecule has 24 heavy (non-hydrogen) atoms. The Morgan fingerprint density at radius 2 is 1.92 bits per heavy atom. The van der Waals surface area contributed by atoms with Crippen molar-refractivity contribution in [1.82, 2.24) is 14.4 Å². The van der Waals surface area contributed by atoms with E-state index in [-0.39, 0.29) is 0 Å². The minimum atomic E-state index is 0.531. The predicted octanol–water partition coefficient (Wildman–Crippen LogP) is 4.86. The normalized spacial score (nSPS) is 15.7. The van der Waals surface area contributed by atoms with Gasteiger partial charge in [0.25, 0.3) is 0 Å². The van der Waals surface area contributed by atoms with Crippen LogP contribution in [0.15, 0.2) is 47.6 Å². The summed E-state index contributed by atoms with van der Waals surface area (Å²) in [6.07, 6.45) is 12.4. The van der Waals surface area contributed by atoms with Crippen LogP contribution in [0.25, 0.3) is 17.0 Å². The molecule has 0 unspecified atom stereocenters. The minimum absolute atomic E-state index is 0.531. The Kier molecular flexibility index (Phi) is 4.43. The molecule has 1 saturated carbocycles. The maximum Gasteiger partial charge on any atom is 0.235 e. The zero-order valence-corrected chi connectivity index (χ0v) is 14.7. The number of nitrogens with one attached hydrogen (secondary N) is 1. The number of imidazole rings is 1. The predicted molar refractivity (Wildman–Crippen MR) is 101 cm³/mol. The van der Waals surface area contributed by atoms with E-state index < -0.39 is 0 Å². The molecule has 2 heterocycles. The lowest BCUT2D eigenvalue weighted by molar-refractivity contribution is 0.461. The van der Waals surface area contributed by atoms with E-state index in [0.717, 1.165) is 22.9 Å². The molecule has 0 bridgehead atoms. The van der Waals surface area contributed by atoms with Crippen LogP contribution < -0.4 is 5.32 Å². The van der Waals surface area contributed by atoms with Crippen LogP contribution in [-0.2, 0) is 0 Å². The minimum Gasteiger partial charge on any atom is -0.367 e. The molecule has 1 N–H and O–H groups in total. The first kappa shape index (κ1) is 15.5. The quantitative estimate of drug-likeness (QED) is 0.690. The second kappa shape index (κ2) is 6.85. The largest absolute Gasteiger partial charge is 0.367 e. The maximum absolute atomic E-state index is 4.79. The number of benzene rings is 1. The van der Waals surface area contributed by atoms with Gasteiger partial charge >= 0.3 is 0 Å². The molecule has 3 aromatic rings. The molecule has 0 aliphatic heterocycles. The van der Waals surface area contributed by atoms with E-state index in [9.17, 15) is 0 Å². The molecular weight excluding hydrogens is 316 g/mol. The van der Waals surface area contributed by atoms with Crippen LogP contribution in [0.1, 0.15) is 32.1 Å². The van der Waals surface area contributed by atoms with Gasteiger partial charge in [0.2, 0.25) is 5.78 Å². The third-order valence-electron chi connectivity index (χ3n) is 4.71. The first-order chi connectivity index (χ1) is 11.8. The molecule has 4 nitrogen and oxygen atoms in total. The summed E-state index contributed by atoms with van der Waals surface area (Å²) in [4.78, 5) is 10.5. The van der Waals surface area contributed by atoms with Crippen LogP contribution in [-0.4, -0.2) is 26.7 Å². The summed E-state index contributed by atoms with van der Waals surface area (Å²) in [5, 5.41) is 3.75. The van der Waals surface area contributed by atoms with E-state index in [2.05, 4.69) is 45.2 Å². The molecule has 0 atom stereocenters. The average Bonchev–Trinajstić information content (AvgIpc) is 3.01. The highest BCUT2D eigenvalue weighted by atomic mass is 32.2. The third kappa shape index (κ3) is 3.00. The van der Waals surface area contributed by atoms with Crippen LogP contribution in [0.3, 0.4) is 0 Å². The lowest BCUT2D eigenvalue weighted by Gasteiger charge is -2.24. The van der Waals surface area contributed by atoms with E-state index in [1.807, 2.05) is 12.3 Å². The first-order valence-electron chi connectivity index (χ1n) is 8.59. The van der Waals surface area contributed by atoms with Gasteiger partial charge < -0.3 is 5.32 Å². The zero-order chi connectivity index (χ0) is 16.4. The van der Waals surface area contributed by atoms with Gasteiger partial charge in [-0.1, -0.05) is 31.4 Å². The van der Waals surface area contributed by atoms with Crippen LogP contribution >= 0.6 is 11.8 Å². The Hall–Kier alpha value is -2.01. The number of rotatable bonds is 4. The van der Waals surface area contributed by atoms with Gasteiger partial charge in [0.05, 0.1) is 0 Å². The Morgan fingerprint density at radius 1 is 1.12 bits per heavy atom. The van der Waals surface area contributed by atoms with Crippen molar-refractivity contribution in [3.8, 4) is 11.3 Å². The van der Waals surface area contributed by atoms with Gasteiger partial charge in [0.15, 0.2) is 0 Å². The fraction of sp³-hybridized carbons (Fsp3) is 0.368. The van der Waals surface area contributed by atoms with E-state index in [1.54, 1.807) is 18.0 Å². The van der Waals surface area contributed by atoms with Crippen molar-refractivity contribution in [3.05, 3.63) is 42.7 Å². The fourth-order valence-electron chi connectivity index (χ4n) is 3.42. The van der Waals surface area contributed by atoms with Gasteiger partial charge in [-0.15, -0.1) is 11.8 Å². The van der Waals surface area contributed by atoms with Gasteiger partial charge in [0.1, 0.15) is 11.5 Å². The Morgan fingerprint density at radius 3 is 2.67 bits per heavy atom. The number of hydrogen-bond donors (Lipinski definition) is 1. The molecular formula is C19H22N4S. The number of thioether (sulfide) groups is 1. The van der Waals surface area contributed by atoms with Crippen molar-refractivity contribution in [1.29, 1.82) is 0 Å². The Labute approximate surface area is 146 Å². The molecule has 124 valence electrons. The van der Waals surface area contributed by atoms with Crippen molar-refractivity contribution in [2.75, 3.05) is 11.6 Å². The van der Waals surface area contributed by atoms with E-state index >= 15 is 0 Å². The highest BCUT2D eigenvalue weighted by Crippen LogP contribution is 2.31. The number of nitrogens with zero attached hydrogens (tertiary/aromatic N) is 3. The van der Waals surface area contributed by atoms with E-state index in [0.29, 0.717) is 6.04 Å². The van der Waals surface area contributed by atoms with Crippen molar-refractivity contribution in [2.45, 2.75) is 43.0 Å². The molecule has 1 aromatic carbocycles. The molecule has 1 aliphatic carbocycles. The summed E-state index contributed by atoms with van der Waals surface area (Å²) < 4.78 is 2.08. The van der Waals surface area contributed by atoms with Crippen LogP contribution in [0.2, 0.25) is 0 Å². The summed E-state index contributed by atoms with van der Waals surface area (Å²) >= 11 is 1.76. The fourth-order valence-corrected chi connectivity index (χ4v) is 3.82. The lowest BCUT2D eigenvalue weighted by Crippen LogP contribution is -2.23. The highest BCUT2D eigenvalue weighted by Gasteiger charge is 2.19. The molecule has 1 aliphatic rings. The zero-order valence-electron chi connectivity index (χ0n) is 13.9. The summed E-state index contributed by atoms with van der Waals surface area (Å²) in [6.45, 7) is 0. The SMILES string of the molecule is CSc1ccc(-c2nc3ncccn3c2NC2CCCCC2)cc1. The number of fused-ring (bicyclic) bond motifs is 1. The lowest BCUT2D eigenvalue weighted by atomic mass is 9.95. The van der Waals surface area contributed by atoms with Gasteiger partial charge in [-0.05, 0) is 37.3 Å². The number of aromatic nitrogens is 3. The van der Waals surface area contributed by atoms with Crippen LogP contribution in [0.4, 0.5) is 5.82 Å². The van der Waals surface area contributed by atoms with Gasteiger partial charge in [0, 0.05) is 28.9 Å². The molecule has 0 spiro atoms. The summed E-state index contributed by atoms with van der Waals surface area (Å²) in [5.74, 6) is 1.82. The van der Waals surface area contributed by atoms with Gasteiger partial charge in [-0.2, -0.15) is 0 Å². The standard InChI is InChI=1S/C19H22N4S/c1-24-16-10-8-14(9-11-16)17-18(21-15-6-3-2-4-7-15)23-13-5-12-20-19(23)22-17/h5,8-13,15,21H,2-4,6-7H2,1H3. The van der Waals surface area contributed by atoms with Crippen LogP contribution in [0.5, 0.6) is 0 Å². The van der Waals surface area contributed by atoms with Gasteiger partial charge in [-0.3, -0.25) is 4.40 Å². The number of anilines is 1. The molecule has 5 heteroatoms. The molecule has 1 fully saturated rings. The second-order valence-corrected chi connectivity index (χ2v) is 7.19. The highest BCUT2D eigenvalue weighted by molar-refractivity contribution is 7.98. The smallest absolute Gasteiger partial charge is 0.235 e. The van der Waals surface area contributed by atoms with Crippen molar-refractivity contribution in [3.63, 3.8) is 0 Å². The summed E-state index contributed by atoms with van der Waals surface area (Å²) in [6, 6.07) is 11.1. The third-order valence-corrected chi connectivity index (χ3v) is 5.46. The molecule has 4 rings (SSSR count). The van der Waals surface area contributed by atoms with Crippen molar-refractivity contribution in [2.24, 2.45) is 0 Å². The molecule has 0 saturated heterocycles. The topological polar surface area (TPSA) is 42.2 Å². The summed E-state index contributed by atoms with van der Waals surface area (Å²) in [5.41, 5.74) is 2.13. The number of hydrogen-bond acceptors (Lipinski definition) is 4. The van der Waals surface area contributed by atoms with E-state index in [4.69, 9.17) is 4.98 Å². The van der Waals surface area contributed by atoms with Gasteiger partial charge in [-0.25, -0.2) is 9.97 Å². The molecule has 0 radical (unpaired) electrons. The van der Waals surface area contributed by atoms with Crippen molar-refractivity contribution < 1.29 is 0 Å². The van der Waals surface area contributed by atoms with Crippen molar-refractivity contribution >= 4 is 23.4 Å². The summed E-state index contributed by atoms with van der Waals surface area (Å²) in [7, 11) is 0. The molecule has 2 aromatic heterocycles. The van der Waals surface area contributed by atoms with E-state index in [1.165, 1.54) is 37.0 Å². The van der Waals surface area contributed by atoms with Crippen LogP contribution in [0, 0.1) is 0 Å². The maximum atomic E-state index is 4.79. The molecule has 0 amide bonds. The average molecular weight is 338 g/mol.